The second-order valence-corrected chi connectivity index (χ2v) is 13.3. The first-order chi connectivity index (χ1) is 19.7. The average Bonchev–Trinajstić information content (AvgIpc) is 3.31. The zero-order valence-electron chi connectivity index (χ0n) is 24.8. The smallest absolute Gasteiger partial charge is 0.0545 e. The lowest BCUT2D eigenvalue weighted by molar-refractivity contribution is 0.594. The van der Waals surface area contributed by atoms with Crippen LogP contribution >= 0.6 is 0 Å². The number of hydrogen-bond donors (Lipinski definition) is 0. The van der Waals surface area contributed by atoms with E-state index in [1.165, 1.54) is 72.4 Å². The highest BCUT2D eigenvalue weighted by Crippen LogP contribution is 2.61. The molecule has 2 aliphatic rings. The van der Waals surface area contributed by atoms with Gasteiger partial charge in [-0.2, -0.15) is 0 Å². The van der Waals surface area contributed by atoms with Crippen LogP contribution in [0.5, 0.6) is 0 Å². The van der Waals surface area contributed by atoms with Crippen molar-refractivity contribution in [3.8, 4) is 5.69 Å². The van der Waals surface area contributed by atoms with E-state index in [0.717, 1.165) is 0 Å². The van der Waals surface area contributed by atoms with Gasteiger partial charge in [-0.3, -0.25) is 0 Å². The fraction of sp³-hybridized carbons (Fsp3) is 0.231. The number of para-hydroxylation sites is 4. The van der Waals surface area contributed by atoms with Crippen molar-refractivity contribution in [3.05, 3.63) is 131 Å². The minimum absolute atomic E-state index is 0.160. The highest BCUT2D eigenvalue weighted by atomic mass is 15.2. The van der Waals surface area contributed by atoms with Crippen LogP contribution in [0.3, 0.4) is 0 Å². The SMILES string of the molecule is CC(C)c1cccc2c1N1c3ccccc3C(C)(C)c3cc(-n4c5ccccc5c5ccccc54)cc(c31)C2(C)C. The van der Waals surface area contributed by atoms with Crippen molar-refractivity contribution < 1.29 is 0 Å². The molecule has 5 aromatic carbocycles. The van der Waals surface area contributed by atoms with Crippen molar-refractivity contribution in [2.24, 2.45) is 0 Å². The van der Waals surface area contributed by atoms with Crippen LogP contribution in [0, 0.1) is 0 Å². The van der Waals surface area contributed by atoms with Crippen LogP contribution in [0.1, 0.15) is 75.3 Å². The molecule has 8 rings (SSSR count). The largest absolute Gasteiger partial charge is 0.309 e. The molecule has 6 aromatic rings. The van der Waals surface area contributed by atoms with E-state index in [2.05, 4.69) is 154 Å². The van der Waals surface area contributed by atoms with Gasteiger partial charge in [-0.15, -0.1) is 0 Å². The third kappa shape index (κ3) is 3.08. The van der Waals surface area contributed by atoms with Gasteiger partial charge in [-0.1, -0.05) is 114 Å². The molecule has 0 spiro atoms. The molecular weight excluding hydrogens is 496 g/mol. The van der Waals surface area contributed by atoms with Gasteiger partial charge in [-0.05, 0) is 64.1 Å². The summed E-state index contributed by atoms with van der Waals surface area (Å²) in [5.74, 6) is 0.421. The normalized spacial score (nSPS) is 16.1. The average molecular weight is 533 g/mol. The van der Waals surface area contributed by atoms with E-state index in [4.69, 9.17) is 0 Å². The molecule has 0 fully saturated rings. The molecule has 41 heavy (non-hydrogen) atoms. The summed E-state index contributed by atoms with van der Waals surface area (Å²) in [6, 6.07) is 38.7. The predicted octanol–water partition coefficient (Wildman–Crippen LogP) is 10.7. The molecule has 0 radical (unpaired) electrons. The van der Waals surface area contributed by atoms with Crippen LogP contribution in [0.25, 0.3) is 27.5 Å². The minimum atomic E-state index is -0.169. The third-order valence-corrected chi connectivity index (χ3v) is 9.91. The first kappa shape index (κ1) is 24.5. The van der Waals surface area contributed by atoms with Crippen molar-refractivity contribution >= 4 is 38.9 Å². The van der Waals surface area contributed by atoms with E-state index in [9.17, 15) is 0 Å². The van der Waals surface area contributed by atoms with Crippen LogP contribution in [-0.2, 0) is 10.8 Å². The number of nitrogens with zero attached hydrogens (tertiary/aromatic N) is 2. The Morgan fingerprint density at radius 3 is 1.71 bits per heavy atom. The van der Waals surface area contributed by atoms with Crippen molar-refractivity contribution in [3.63, 3.8) is 0 Å². The Bertz CT molecular complexity index is 1960. The minimum Gasteiger partial charge on any atom is -0.309 e. The second kappa shape index (κ2) is 8.13. The summed E-state index contributed by atoms with van der Waals surface area (Å²) >= 11 is 0. The molecule has 0 saturated carbocycles. The van der Waals surface area contributed by atoms with Crippen LogP contribution in [0.15, 0.2) is 103 Å². The van der Waals surface area contributed by atoms with Gasteiger partial charge in [-0.25, -0.2) is 0 Å². The summed E-state index contributed by atoms with van der Waals surface area (Å²) in [5.41, 5.74) is 14.4. The standard InChI is InChI=1S/C39H36N2/c1-24(2)26-16-13-18-30-36(26)41-35-21-12-9-17-29(35)38(3,4)31-22-25(23-32(37(31)41)39(30,5)6)40-33-19-10-7-14-27(33)28-15-8-11-20-34(28)40/h7-24H,1-6H3. The molecule has 2 nitrogen and oxygen atoms in total. The Morgan fingerprint density at radius 2 is 1.07 bits per heavy atom. The zero-order chi connectivity index (χ0) is 28.3. The molecule has 0 N–H and O–H groups in total. The monoisotopic (exact) mass is 532 g/mol. The van der Waals surface area contributed by atoms with Gasteiger partial charge in [0.2, 0.25) is 0 Å². The van der Waals surface area contributed by atoms with E-state index < -0.39 is 0 Å². The third-order valence-electron chi connectivity index (χ3n) is 9.91. The van der Waals surface area contributed by atoms with Gasteiger partial charge in [0, 0.05) is 27.3 Å². The lowest BCUT2D eigenvalue weighted by Crippen LogP contribution is -2.39. The van der Waals surface area contributed by atoms with Gasteiger partial charge >= 0.3 is 0 Å². The molecule has 0 amide bonds. The summed E-state index contributed by atoms with van der Waals surface area (Å²) in [7, 11) is 0. The van der Waals surface area contributed by atoms with Gasteiger partial charge in [0.1, 0.15) is 0 Å². The zero-order valence-corrected chi connectivity index (χ0v) is 24.8. The van der Waals surface area contributed by atoms with Crippen molar-refractivity contribution in [2.75, 3.05) is 4.90 Å². The molecule has 0 atom stereocenters. The van der Waals surface area contributed by atoms with Gasteiger partial charge in [0.05, 0.1) is 28.1 Å². The molecular formula is C39H36N2. The number of benzene rings is 5. The molecule has 0 aliphatic carbocycles. The van der Waals surface area contributed by atoms with E-state index in [1.54, 1.807) is 0 Å². The van der Waals surface area contributed by atoms with Gasteiger partial charge in [0.25, 0.3) is 0 Å². The molecule has 202 valence electrons. The quantitative estimate of drug-likeness (QED) is 0.215. The summed E-state index contributed by atoms with van der Waals surface area (Å²) < 4.78 is 2.48. The number of hydrogen-bond acceptors (Lipinski definition) is 1. The lowest BCUT2D eigenvalue weighted by atomic mass is 9.65. The number of fused-ring (bicyclic) bond motifs is 7. The summed E-state index contributed by atoms with van der Waals surface area (Å²) in [5, 5.41) is 2.60. The van der Waals surface area contributed by atoms with Crippen LogP contribution in [-0.4, -0.2) is 4.57 Å². The molecule has 2 aliphatic heterocycles. The Morgan fingerprint density at radius 1 is 0.537 bits per heavy atom. The fourth-order valence-electron chi connectivity index (χ4n) is 7.76. The summed E-state index contributed by atoms with van der Waals surface area (Å²) in [6.45, 7) is 14.3. The Balaban J connectivity index is 1.54. The molecule has 3 heterocycles. The van der Waals surface area contributed by atoms with Gasteiger partial charge < -0.3 is 9.47 Å². The maximum atomic E-state index is 2.61. The van der Waals surface area contributed by atoms with E-state index >= 15 is 0 Å². The predicted molar refractivity (Wildman–Crippen MR) is 174 cm³/mol. The molecule has 1 aromatic heterocycles. The van der Waals surface area contributed by atoms with Crippen molar-refractivity contribution in [2.45, 2.75) is 58.3 Å². The highest BCUT2D eigenvalue weighted by Gasteiger charge is 2.46. The Hall–Kier alpha value is -4.30. The lowest BCUT2D eigenvalue weighted by Gasteiger charge is -2.50. The molecule has 2 heteroatoms. The first-order valence-corrected chi connectivity index (χ1v) is 14.9. The number of anilines is 3. The summed E-state index contributed by atoms with van der Waals surface area (Å²) in [4.78, 5) is 2.61. The molecule has 0 saturated heterocycles. The topological polar surface area (TPSA) is 8.17 Å². The first-order valence-electron chi connectivity index (χ1n) is 14.9. The molecule has 0 bridgehead atoms. The van der Waals surface area contributed by atoms with E-state index in [-0.39, 0.29) is 10.8 Å². The Kier molecular flexibility index (Phi) is 4.86. The van der Waals surface area contributed by atoms with E-state index in [0.29, 0.717) is 5.92 Å². The Labute approximate surface area is 242 Å². The maximum absolute atomic E-state index is 2.61. The van der Waals surface area contributed by atoms with Crippen LogP contribution in [0.2, 0.25) is 0 Å². The summed E-state index contributed by atoms with van der Waals surface area (Å²) in [6.07, 6.45) is 0. The van der Waals surface area contributed by atoms with Crippen LogP contribution < -0.4 is 4.90 Å². The highest BCUT2D eigenvalue weighted by molar-refractivity contribution is 6.09. The number of rotatable bonds is 2. The number of aromatic nitrogens is 1. The van der Waals surface area contributed by atoms with Gasteiger partial charge in [0.15, 0.2) is 0 Å². The van der Waals surface area contributed by atoms with Crippen molar-refractivity contribution in [1.29, 1.82) is 0 Å². The fourth-order valence-corrected chi connectivity index (χ4v) is 7.76. The second-order valence-electron chi connectivity index (χ2n) is 13.3. The van der Waals surface area contributed by atoms with Crippen LogP contribution in [0.4, 0.5) is 17.1 Å². The maximum Gasteiger partial charge on any atom is 0.0545 e. The molecule has 0 unspecified atom stereocenters. The van der Waals surface area contributed by atoms with E-state index in [1.807, 2.05) is 0 Å². The van der Waals surface area contributed by atoms with Crippen molar-refractivity contribution in [1.82, 2.24) is 4.57 Å².